The first-order chi connectivity index (χ1) is 11.8. The zero-order valence-electron chi connectivity index (χ0n) is 14.2. The van der Waals surface area contributed by atoms with Gasteiger partial charge in [0.25, 0.3) is 0 Å². The predicted molar refractivity (Wildman–Crippen MR) is 97.1 cm³/mol. The Labute approximate surface area is 148 Å². The molecule has 4 nitrogen and oxygen atoms in total. The topological polar surface area (TPSA) is 28.6 Å². The molecule has 0 bridgehead atoms. The molecule has 2 fully saturated rings. The molecule has 128 valence electrons. The average Bonchev–Trinajstić information content (AvgIpc) is 3.19. The Morgan fingerprint density at radius 1 is 1.21 bits per heavy atom. The lowest BCUT2D eigenvalue weighted by atomic mass is 10.1. The van der Waals surface area contributed by atoms with Gasteiger partial charge in [0.1, 0.15) is 0 Å². The van der Waals surface area contributed by atoms with Gasteiger partial charge in [-0.1, -0.05) is 6.07 Å². The fourth-order valence-corrected chi connectivity index (χ4v) is 4.74. The molecule has 0 N–H and O–H groups in total. The van der Waals surface area contributed by atoms with E-state index < -0.39 is 0 Å². The van der Waals surface area contributed by atoms with Crippen LogP contribution in [0.2, 0.25) is 0 Å². The van der Waals surface area contributed by atoms with Gasteiger partial charge in [0.2, 0.25) is 0 Å². The number of nitrogens with zero attached hydrogens (tertiary/aromatic N) is 3. The van der Waals surface area contributed by atoms with E-state index in [4.69, 9.17) is 4.74 Å². The Balaban J connectivity index is 1.27. The number of aromatic nitrogens is 1. The van der Waals surface area contributed by atoms with Gasteiger partial charge in [-0.2, -0.15) is 0 Å². The minimum Gasteiger partial charge on any atom is -0.371 e. The first kappa shape index (κ1) is 16.2. The SMILES string of the molecule is Cc1ccc(CN2CCN3C[C@@H](OCc4ccccn4)C[C@H]3C2)s1. The molecule has 0 unspecified atom stereocenters. The van der Waals surface area contributed by atoms with Crippen LogP contribution in [0.4, 0.5) is 0 Å². The number of aryl methyl sites for hydroxylation is 1. The molecule has 2 aromatic rings. The van der Waals surface area contributed by atoms with Crippen molar-refractivity contribution < 1.29 is 4.74 Å². The first-order valence-electron chi connectivity index (χ1n) is 8.79. The molecule has 2 atom stereocenters. The van der Waals surface area contributed by atoms with Gasteiger partial charge >= 0.3 is 0 Å². The summed E-state index contributed by atoms with van der Waals surface area (Å²) < 4.78 is 6.12. The van der Waals surface area contributed by atoms with Crippen molar-refractivity contribution in [2.45, 2.75) is 38.6 Å². The van der Waals surface area contributed by atoms with E-state index in [0.29, 0.717) is 18.8 Å². The Morgan fingerprint density at radius 2 is 2.17 bits per heavy atom. The van der Waals surface area contributed by atoms with Crippen LogP contribution in [0.15, 0.2) is 36.5 Å². The second-order valence-corrected chi connectivity index (χ2v) is 8.26. The maximum atomic E-state index is 6.12. The number of rotatable bonds is 5. The number of thiophene rings is 1. The van der Waals surface area contributed by atoms with Crippen LogP contribution in [0.25, 0.3) is 0 Å². The third-order valence-corrected chi connectivity index (χ3v) is 6.02. The van der Waals surface area contributed by atoms with Crippen molar-refractivity contribution in [2.24, 2.45) is 0 Å². The normalized spacial score (nSPS) is 25.0. The van der Waals surface area contributed by atoms with Crippen LogP contribution in [0, 0.1) is 6.92 Å². The number of pyridine rings is 1. The summed E-state index contributed by atoms with van der Waals surface area (Å²) in [6.07, 6.45) is 3.33. The highest BCUT2D eigenvalue weighted by atomic mass is 32.1. The highest BCUT2D eigenvalue weighted by Crippen LogP contribution is 2.26. The molecular formula is C19H25N3OS. The van der Waals surface area contributed by atoms with E-state index in [1.165, 1.54) is 29.4 Å². The largest absolute Gasteiger partial charge is 0.371 e. The van der Waals surface area contributed by atoms with Crippen LogP contribution in [-0.4, -0.2) is 53.1 Å². The highest BCUT2D eigenvalue weighted by molar-refractivity contribution is 7.11. The molecule has 2 aliphatic rings. The molecule has 0 aliphatic carbocycles. The summed E-state index contributed by atoms with van der Waals surface area (Å²) in [6.45, 7) is 8.49. The van der Waals surface area contributed by atoms with Crippen molar-refractivity contribution in [3.8, 4) is 0 Å². The van der Waals surface area contributed by atoms with E-state index in [1.54, 1.807) is 0 Å². The number of hydrogen-bond donors (Lipinski definition) is 0. The lowest BCUT2D eigenvalue weighted by Crippen LogP contribution is -2.49. The lowest BCUT2D eigenvalue weighted by molar-refractivity contribution is 0.0440. The van der Waals surface area contributed by atoms with Crippen molar-refractivity contribution in [2.75, 3.05) is 26.2 Å². The van der Waals surface area contributed by atoms with Gasteiger partial charge in [0.15, 0.2) is 0 Å². The third kappa shape index (κ3) is 3.86. The van der Waals surface area contributed by atoms with Crippen LogP contribution < -0.4 is 0 Å². The van der Waals surface area contributed by atoms with E-state index >= 15 is 0 Å². The molecular weight excluding hydrogens is 318 g/mol. The van der Waals surface area contributed by atoms with Crippen LogP contribution in [0.1, 0.15) is 21.9 Å². The fraction of sp³-hybridized carbons (Fsp3) is 0.526. The number of piperazine rings is 1. The summed E-state index contributed by atoms with van der Waals surface area (Å²) in [5.74, 6) is 0. The van der Waals surface area contributed by atoms with Gasteiger partial charge in [0, 0.05) is 54.7 Å². The van der Waals surface area contributed by atoms with E-state index in [9.17, 15) is 0 Å². The summed E-state index contributed by atoms with van der Waals surface area (Å²) in [5, 5.41) is 0. The number of hydrogen-bond acceptors (Lipinski definition) is 5. The Kier molecular flexibility index (Phi) is 4.94. The second-order valence-electron chi connectivity index (χ2n) is 6.89. The van der Waals surface area contributed by atoms with Crippen LogP contribution >= 0.6 is 11.3 Å². The summed E-state index contributed by atoms with van der Waals surface area (Å²) in [7, 11) is 0. The van der Waals surface area contributed by atoms with Crippen LogP contribution in [0.3, 0.4) is 0 Å². The smallest absolute Gasteiger partial charge is 0.0892 e. The second kappa shape index (κ2) is 7.31. The summed E-state index contributed by atoms with van der Waals surface area (Å²) in [4.78, 5) is 12.5. The molecule has 4 rings (SSSR count). The highest BCUT2D eigenvalue weighted by Gasteiger charge is 2.36. The number of ether oxygens (including phenoxy) is 1. The molecule has 5 heteroatoms. The van der Waals surface area contributed by atoms with Crippen LogP contribution in [-0.2, 0) is 17.9 Å². The molecule has 4 heterocycles. The van der Waals surface area contributed by atoms with Gasteiger partial charge in [0.05, 0.1) is 18.4 Å². The van der Waals surface area contributed by atoms with Gasteiger partial charge in [-0.3, -0.25) is 14.8 Å². The van der Waals surface area contributed by atoms with E-state index in [2.05, 4.69) is 33.8 Å². The summed E-state index contributed by atoms with van der Waals surface area (Å²) in [5.41, 5.74) is 1.03. The van der Waals surface area contributed by atoms with Gasteiger partial charge in [-0.25, -0.2) is 0 Å². The quantitative estimate of drug-likeness (QED) is 0.835. The Hall–Kier alpha value is -1.27. The zero-order chi connectivity index (χ0) is 16.4. The van der Waals surface area contributed by atoms with E-state index in [0.717, 1.165) is 25.2 Å². The molecule has 0 radical (unpaired) electrons. The Bertz CT molecular complexity index is 660. The summed E-state index contributed by atoms with van der Waals surface area (Å²) >= 11 is 1.93. The van der Waals surface area contributed by atoms with Gasteiger partial charge in [-0.05, 0) is 37.6 Å². The minimum atomic E-state index is 0.348. The first-order valence-corrected chi connectivity index (χ1v) is 9.61. The Morgan fingerprint density at radius 3 is 2.96 bits per heavy atom. The fourth-order valence-electron chi connectivity index (χ4n) is 3.80. The van der Waals surface area contributed by atoms with Crippen molar-refractivity contribution in [1.29, 1.82) is 0 Å². The van der Waals surface area contributed by atoms with Crippen LogP contribution in [0.5, 0.6) is 0 Å². The maximum absolute atomic E-state index is 6.12. The number of fused-ring (bicyclic) bond motifs is 1. The lowest BCUT2D eigenvalue weighted by Gasteiger charge is -2.37. The van der Waals surface area contributed by atoms with Crippen molar-refractivity contribution in [1.82, 2.24) is 14.8 Å². The maximum Gasteiger partial charge on any atom is 0.0892 e. The average molecular weight is 343 g/mol. The molecule has 0 saturated carbocycles. The van der Waals surface area contributed by atoms with Crippen molar-refractivity contribution in [3.05, 3.63) is 52.0 Å². The van der Waals surface area contributed by atoms with Crippen molar-refractivity contribution >= 4 is 11.3 Å². The van der Waals surface area contributed by atoms with E-state index in [1.807, 2.05) is 35.7 Å². The standard InChI is InChI=1S/C19H25N3OS/c1-15-5-6-19(24-15)13-21-8-9-22-12-18(10-17(22)11-21)23-14-16-4-2-3-7-20-16/h2-7,17-18H,8-14H2,1H3/t17-,18-/m0/s1. The minimum absolute atomic E-state index is 0.348. The molecule has 0 spiro atoms. The molecule has 2 aliphatic heterocycles. The monoisotopic (exact) mass is 343 g/mol. The molecule has 24 heavy (non-hydrogen) atoms. The van der Waals surface area contributed by atoms with Crippen molar-refractivity contribution in [3.63, 3.8) is 0 Å². The predicted octanol–water partition coefficient (Wildman–Crippen LogP) is 2.93. The summed E-state index contributed by atoms with van der Waals surface area (Å²) in [6, 6.07) is 11.2. The van der Waals surface area contributed by atoms with Gasteiger partial charge < -0.3 is 4.74 Å². The third-order valence-electron chi connectivity index (χ3n) is 5.03. The molecule has 2 saturated heterocycles. The van der Waals surface area contributed by atoms with E-state index in [-0.39, 0.29) is 0 Å². The zero-order valence-corrected chi connectivity index (χ0v) is 15.0. The molecule has 0 aromatic carbocycles. The molecule has 0 amide bonds. The molecule has 2 aromatic heterocycles. The van der Waals surface area contributed by atoms with Gasteiger partial charge in [-0.15, -0.1) is 11.3 Å².